The molecule has 0 atom stereocenters. The van der Waals surface area contributed by atoms with Gasteiger partial charge < -0.3 is 14.6 Å². The van der Waals surface area contributed by atoms with Crippen molar-refractivity contribution in [2.75, 3.05) is 25.5 Å². The maximum Gasteiger partial charge on any atom is 0.244 e. The summed E-state index contributed by atoms with van der Waals surface area (Å²) in [4.78, 5) is 8.87. The van der Waals surface area contributed by atoms with Gasteiger partial charge in [-0.2, -0.15) is 0 Å². The zero-order valence-electron chi connectivity index (χ0n) is 16.0. The number of hydrogen-bond acceptors (Lipinski definition) is 6. The highest BCUT2D eigenvalue weighted by Crippen LogP contribution is 2.24. The number of ether oxygens (including phenoxy) is 1. The average Bonchev–Trinajstić information content (AvgIpc) is 3.20. The van der Waals surface area contributed by atoms with Crippen LogP contribution >= 0.6 is 0 Å². The van der Waals surface area contributed by atoms with Crippen molar-refractivity contribution < 1.29 is 13.2 Å². The van der Waals surface area contributed by atoms with Crippen LogP contribution in [0.25, 0.3) is 5.82 Å². The molecule has 3 rings (SSSR count). The van der Waals surface area contributed by atoms with Crippen molar-refractivity contribution in [2.45, 2.75) is 18.7 Å². The average molecular weight is 401 g/mol. The first-order valence-electron chi connectivity index (χ1n) is 8.76. The van der Waals surface area contributed by atoms with E-state index in [2.05, 4.69) is 20.0 Å². The summed E-state index contributed by atoms with van der Waals surface area (Å²) in [6, 6.07) is 10.7. The van der Waals surface area contributed by atoms with Crippen LogP contribution in [0, 0.1) is 13.8 Å². The Labute approximate surface area is 164 Å². The fraction of sp³-hybridized carbons (Fsp3) is 0.263. The Hall–Kier alpha value is -2.91. The third-order valence-electron chi connectivity index (χ3n) is 4.03. The zero-order chi connectivity index (χ0) is 20.1. The van der Waals surface area contributed by atoms with Gasteiger partial charge in [0.15, 0.2) is 0 Å². The first-order valence-corrected chi connectivity index (χ1v) is 10.2. The number of methoxy groups -OCH3 is 1. The maximum absolute atomic E-state index is 12.6. The lowest BCUT2D eigenvalue weighted by molar-refractivity contribution is 0.402. The molecule has 2 aromatic heterocycles. The molecule has 9 heteroatoms. The van der Waals surface area contributed by atoms with Gasteiger partial charge in [0.05, 0.1) is 7.11 Å². The summed E-state index contributed by atoms with van der Waals surface area (Å²) >= 11 is 0. The topological polar surface area (TPSA) is 98.1 Å². The predicted octanol–water partition coefficient (Wildman–Crippen LogP) is 2.28. The molecule has 1 aromatic carbocycles. The molecule has 0 radical (unpaired) electrons. The van der Waals surface area contributed by atoms with E-state index in [4.69, 9.17) is 4.74 Å². The van der Waals surface area contributed by atoms with Crippen LogP contribution in [0.3, 0.4) is 0 Å². The van der Waals surface area contributed by atoms with Crippen molar-refractivity contribution in [3.63, 3.8) is 0 Å². The van der Waals surface area contributed by atoms with Crippen LogP contribution in [0.4, 0.5) is 5.82 Å². The van der Waals surface area contributed by atoms with E-state index in [-0.39, 0.29) is 11.4 Å². The molecule has 28 heavy (non-hydrogen) atoms. The van der Waals surface area contributed by atoms with E-state index in [9.17, 15) is 8.42 Å². The smallest absolute Gasteiger partial charge is 0.244 e. The van der Waals surface area contributed by atoms with Gasteiger partial charge in [0.25, 0.3) is 0 Å². The Morgan fingerprint density at radius 3 is 2.54 bits per heavy atom. The zero-order valence-corrected chi connectivity index (χ0v) is 16.8. The summed E-state index contributed by atoms with van der Waals surface area (Å²) in [6.45, 7) is 4.21. The van der Waals surface area contributed by atoms with Gasteiger partial charge in [0, 0.05) is 31.5 Å². The number of rotatable bonds is 8. The molecule has 0 saturated heterocycles. The lowest BCUT2D eigenvalue weighted by Gasteiger charge is -2.12. The normalized spacial score (nSPS) is 11.4. The molecule has 3 aromatic rings. The first kappa shape index (κ1) is 19.8. The highest BCUT2D eigenvalue weighted by Gasteiger charge is 2.19. The Morgan fingerprint density at radius 2 is 1.82 bits per heavy atom. The lowest BCUT2D eigenvalue weighted by atomic mass is 10.2. The van der Waals surface area contributed by atoms with Crippen molar-refractivity contribution in [1.82, 2.24) is 19.3 Å². The van der Waals surface area contributed by atoms with Crippen LogP contribution in [0.1, 0.15) is 11.4 Å². The largest absolute Gasteiger partial charge is 0.495 e. The number of benzene rings is 1. The summed E-state index contributed by atoms with van der Waals surface area (Å²) in [6.07, 6.45) is 3.80. The highest BCUT2D eigenvalue weighted by atomic mass is 32.2. The van der Waals surface area contributed by atoms with E-state index >= 15 is 0 Å². The van der Waals surface area contributed by atoms with Crippen molar-refractivity contribution >= 4 is 15.8 Å². The fourth-order valence-corrected chi connectivity index (χ4v) is 3.99. The van der Waals surface area contributed by atoms with E-state index in [1.807, 2.05) is 49.0 Å². The van der Waals surface area contributed by atoms with Gasteiger partial charge >= 0.3 is 0 Å². The summed E-state index contributed by atoms with van der Waals surface area (Å²) < 4.78 is 34.8. The van der Waals surface area contributed by atoms with Crippen LogP contribution in [0.2, 0.25) is 0 Å². The summed E-state index contributed by atoms with van der Waals surface area (Å²) in [5.41, 5.74) is 0.841. The van der Waals surface area contributed by atoms with Crippen LogP contribution in [0.5, 0.6) is 5.75 Å². The highest BCUT2D eigenvalue weighted by molar-refractivity contribution is 7.89. The number of sulfonamides is 1. The Kier molecular flexibility index (Phi) is 5.96. The van der Waals surface area contributed by atoms with E-state index in [1.54, 1.807) is 18.2 Å². The SMILES string of the molecule is COc1ccc(C)cc1S(=O)(=O)NCCNc1cc(-n2cccc2)nc(C)n1. The summed E-state index contributed by atoms with van der Waals surface area (Å²) in [5.74, 6) is 2.31. The summed E-state index contributed by atoms with van der Waals surface area (Å²) in [7, 11) is -2.23. The molecular weight excluding hydrogens is 378 g/mol. The molecular formula is C19H23N5O3S. The molecule has 0 aliphatic rings. The van der Waals surface area contributed by atoms with Crippen molar-refractivity contribution in [2.24, 2.45) is 0 Å². The quantitative estimate of drug-likeness (QED) is 0.562. The minimum atomic E-state index is -3.68. The number of aromatic nitrogens is 3. The number of nitrogens with zero attached hydrogens (tertiary/aromatic N) is 3. The molecule has 0 amide bonds. The molecule has 0 saturated carbocycles. The standard InChI is InChI=1S/C19H23N5O3S/c1-14-6-7-16(27-3)17(12-14)28(25,26)21-9-8-20-18-13-19(23-15(2)22-18)24-10-4-5-11-24/h4-7,10-13,21H,8-9H2,1-3H3,(H,20,22,23). The number of aryl methyl sites for hydroxylation is 2. The van der Waals surface area contributed by atoms with Crippen LogP contribution < -0.4 is 14.8 Å². The van der Waals surface area contributed by atoms with Gasteiger partial charge in [0.2, 0.25) is 10.0 Å². The van der Waals surface area contributed by atoms with Crippen LogP contribution in [-0.2, 0) is 10.0 Å². The third-order valence-corrected chi connectivity index (χ3v) is 5.51. The van der Waals surface area contributed by atoms with Crippen molar-refractivity contribution in [1.29, 1.82) is 0 Å². The Morgan fingerprint density at radius 1 is 1.07 bits per heavy atom. The Bertz CT molecular complexity index is 1050. The van der Waals surface area contributed by atoms with Gasteiger partial charge in [-0.3, -0.25) is 0 Å². The molecule has 8 nitrogen and oxygen atoms in total. The molecule has 148 valence electrons. The molecule has 2 heterocycles. The molecule has 0 aliphatic heterocycles. The molecule has 0 spiro atoms. The van der Waals surface area contributed by atoms with E-state index in [0.29, 0.717) is 23.9 Å². The van der Waals surface area contributed by atoms with Gasteiger partial charge in [-0.1, -0.05) is 6.07 Å². The molecule has 2 N–H and O–H groups in total. The van der Waals surface area contributed by atoms with Gasteiger partial charge in [-0.05, 0) is 43.7 Å². The molecule has 0 fully saturated rings. The van der Waals surface area contributed by atoms with Crippen LogP contribution in [-0.4, -0.2) is 43.2 Å². The lowest BCUT2D eigenvalue weighted by Crippen LogP contribution is -2.29. The number of hydrogen-bond donors (Lipinski definition) is 2. The third kappa shape index (κ3) is 4.68. The maximum atomic E-state index is 12.6. The fourth-order valence-electron chi connectivity index (χ4n) is 2.71. The summed E-state index contributed by atoms with van der Waals surface area (Å²) in [5, 5.41) is 3.13. The molecule has 0 unspecified atom stereocenters. The van der Waals surface area contributed by atoms with Crippen molar-refractivity contribution in [3.8, 4) is 11.6 Å². The minimum Gasteiger partial charge on any atom is -0.495 e. The second-order valence-electron chi connectivity index (χ2n) is 6.23. The first-order chi connectivity index (χ1) is 13.4. The van der Waals surface area contributed by atoms with E-state index in [1.165, 1.54) is 7.11 Å². The van der Waals surface area contributed by atoms with E-state index < -0.39 is 10.0 Å². The predicted molar refractivity (Wildman–Crippen MR) is 108 cm³/mol. The monoisotopic (exact) mass is 401 g/mol. The minimum absolute atomic E-state index is 0.128. The second kappa shape index (κ2) is 8.41. The number of nitrogens with one attached hydrogen (secondary N) is 2. The van der Waals surface area contributed by atoms with Gasteiger partial charge in [0.1, 0.15) is 28.1 Å². The van der Waals surface area contributed by atoms with E-state index in [0.717, 1.165) is 11.4 Å². The molecule has 0 bridgehead atoms. The number of anilines is 1. The van der Waals surface area contributed by atoms with Gasteiger partial charge in [-0.15, -0.1) is 0 Å². The van der Waals surface area contributed by atoms with Gasteiger partial charge in [-0.25, -0.2) is 23.1 Å². The Balaban J connectivity index is 1.64. The van der Waals surface area contributed by atoms with Crippen molar-refractivity contribution in [3.05, 3.63) is 60.2 Å². The van der Waals surface area contributed by atoms with Crippen LogP contribution in [0.15, 0.2) is 53.7 Å². The molecule has 0 aliphatic carbocycles. The second-order valence-corrected chi connectivity index (χ2v) is 7.96.